The van der Waals surface area contributed by atoms with Crippen LogP contribution in [0.5, 0.6) is 0 Å². The van der Waals surface area contributed by atoms with Gasteiger partial charge in [0.1, 0.15) is 12.1 Å². The molecule has 1 N–H and O–H groups in total. The normalized spacial score (nSPS) is 21.3. The van der Waals surface area contributed by atoms with Gasteiger partial charge in [0.05, 0.1) is 0 Å². The maximum absolute atomic E-state index is 13.0. The lowest BCUT2D eigenvalue weighted by atomic mass is 9.78. The molecule has 1 aliphatic heterocycles. The van der Waals surface area contributed by atoms with Crippen LogP contribution in [0.3, 0.4) is 0 Å². The number of carbonyl (C=O) groups is 3. The molecular weight excluding hydrogens is 330 g/mol. The van der Waals surface area contributed by atoms with E-state index in [0.29, 0.717) is 25.9 Å². The number of hydrogen-bond donors (Lipinski definition) is 1. The first kappa shape index (κ1) is 17.9. The number of nitrogens with zero attached hydrogens (tertiary/aromatic N) is 2. The number of hydrogen-bond acceptors (Lipinski definition) is 3. The van der Waals surface area contributed by atoms with E-state index in [1.54, 1.807) is 12.2 Å². The van der Waals surface area contributed by atoms with Crippen molar-refractivity contribution in [1.82, 2.24) is 15.1 Å². The van der Waals surface area contributed by atoms with E-state index in [9.17, 15) is 14.4 Å². The summed E-state index contributed by atoms with van der Waals surface area (Å²) in [6.45, 7) is 7.67. The number of amides is 4. The fourth-order valence-electron chi connectivity index (χ4n) is 3.67. The monoisotopic (exact) mass is 353 g/mol. The Bertz CT molecular complexity index is 763. The largest absolute Gasteiger partial charge is 0.334 e. The minimum absolute atomic E-state index is 0.268. The van der Waals surface area contributed by atoms with Crippen molar-refractivity contribution >= 4 is 17.8 Å². The Morgan fingerprint density at radius 1 is 1.19 bits per heavy atom. The van der Waals surface area contributed by atoms with E-state index in [4.69, 9.17) is 0 Å². The third-order valence-electron chi connectivity index (χ3n) is 5.02. The molecule has 0 saturated carbocycles. The quantitative estimate of drug-likeness (QED) is 0.625. The number of urea groups is 1. The van der Waals surface area contributed by atoms with Gasteiger partial charge >= 0.3 is 6.03 Å². The van der Waals surface area contributed by atoms with Crippen molar-refractivity contribution in [3.05, 3.63) is 60.7 Å². The number of fused-ring (bicyclic) bond motifs is 1. The van der Waals surface area contributed by atoms with Gasteiger partial charge in [0.15, 0.2) is 0 Å². The fourth-order valence-corrected chi connectivity index (χ4v) is 3.67. The van der Waals surface area contributed by atoms with Crippen LogP contribution in [0, 0.1) is 0 Å². The van der Waals surface area contributed by atoms with Crippen molar-refractivity contribution in [2.24, 2.45) is 0 Å². The third kappa shape index (κ3) is 3.14. The van der Waals surface area contributed by atoms with Crippen LogP contribution in [-0.4, -0.2) is 52.8 Å². The van der Waals surface area contributed by atoms with Gasteiger partial charge in [-0.1, -0.05) is 36.4 Å². The minimum atomic E-state index is -0.937. The van der Waals surface area contributed by atoms with E-state index in [1.807, 2.05) is 24.3 Å². The Labute approximate surface area is 153 Å². The SMILES string of the molecule is C=CCN(CC=C)C(=O)CN1C(=O)NC2(CCc3ccccc3C2)C1=O. The third-order valence-corrected chi connectivity index (χ3v) is 5.02. The molecule has 1 aromatic carbocycles. The van der Waals surface area contributed by atoms with Gasteiger partial charge < -0.3 is 10.2 Å². The molecule has 1 fully saturated rings. The van der Waals surface area contributed by atoms with Gasteiger partial charge in [0, 0.05) is 19.5 Å². The first-order valence-electron chi connectivity index (χ1n) is 8.71. The van der Waals surface area contributed by atoms with Gasteiger partial charge in [-0.15, -0.1) is 13.2 Å². The molecule has 1 aromatic rings. The summed E-state index contributed by atoms with van der Waals surface area (Å²) in [4.78, 5) is 40.5. The van der Waals surface area contributed by atoms with Gasteiger partial charge in [-0.3, -0.25) is 14.5 Å². The molecule has 0 radical (unpaired) electrons. The number of aryl methyl sites for hydroxylation is 1. The molecule has 1 atom stereocenters. The number of imide groups is 1. The van der Waals surface area contributed by atoms with Crippen LogP contribution in [0.4, 0.5) is 4.79 Å². The van der Waals surface area contributed by atoms with Crippen LogP contribution < -0.4 is 5.32 Å². The highest BCUT2D eigenvalue weighted by atomic mass is 16.2. The maximum Gasteiger partial charge on any atom is 0.325 e. The summed E-state index contributed by atoms with van der Waals surface area (Å²) in [7, 11) is 0. The van der Waals surface area contributed by atoms with E-state index in [0.717, 1.165) is 16.9 Å². The summed E-state index contributed by atoms with van der Waals surface area (Å²) < 4.78 is 0. The average Bonchev–Trinajstić information content (AvgIpc) is 2.85. The van der Waals surface area contributed by atoms with Crippen LogP contribution >= 0.6 is 0 Å². The van der Waals surface area contributed by atoms with Gasteiger partial charge in [0.25, 0.3) is 5.91 Å². The highest BCUT2D eigenvalue weighted by Crippen LogP contribution is 2.33. The van der Waals surface area contributed by atoms with Gasteiger partial charge in [0.2, 0.25) is 5.91 Å². The molecule has 6 heteroatoms. The van der Waals surface area contributed by atoms with Gasteiger partial charge in [-0.2, -0.15) is 0 Å². The molecule has 2 aliphatic rings. The molecule has 0 bridgehead atoms. The molecule has 6 nitrogen and oxygen atoms in total. The first-order valence-corrected chi connectivity index (χ1v) is 8.71. The van der Waals surface area contributed by atoms with Crippen LogP contribution in [0.1, 0.15) is 17.5 Å². The fraction of sp³-hybridized carbons (Fsp3) is 0.350. The van der Waals surface area contributed by atoms with Crippen LogP contribution in [-0.2, 0) is 22.4 Å². The Hall–Kier alpha value is -2.89. The number of carbonyl (C=O) groups excluding carboxylic acids is 3. The Kier molecular flexibility index (Phi) is 4.93. The van der Waals surface area contributed by atoms with E-state index >= 15 is 0 Å². The first-order chi connectivity index (χ1) is 12.5. The zero-order chi connectivity index (χ0) is 18.7. The van der Waals surface area contributed by atoms with Crippen LogP contribution in [0.2, 0.25) is 0 Å². The predicted octanol–water partition coefficient (Wildman–Crippen LogP) is 1.67. The molecule has 1 spiro atoms. The molecular formula is C20H23N3O3. The average molecular weight is 353 g/mol. The second-order valence-corrected chi connectivity index (χ2v) is 6.73. The highest BCUT2D eigenvalue weighted by Gasteiger charge is 2.52. The lowest BCUT2D eigenvalue weighted by Gasteiger charge is -2.32. The summed E-state index contributed by atoms with van der Waals surface area (Å²) in [5.41, 5.74) is 1.34. The lowest BCUT2D eigenvalue weighted by Crippen LogP contribution is -2.51. The van der Waals surface area contributed by atoms with E-state index in [1.165, 1.54) is 10.5 Å². The zero-order valence-electron chi connectivity index (χ0n) is 14.7. The molecule has 3 rings (SSSR count). The number of rotatable bonds is 6. The second-order valence-electron chi connectivity index (χ2n) is 6.73. The lowest BCUT2D eigenvalue weighted by molar-refractivity contribution is -0.138. The van der Waals surface area contributed by atoms with Gasteiger partial charge in [-0.25, -0.2) is 4.79 Å². The minimum Gasteiger partial charge on any atom is -0.334 e. The van der Waals surface area contributed by atoms with Crippen molar-refractivity contribution in [1.29, 1.82) is 0 Å². The van der Waals surface area contributed by atoms with Crippen molar-refractivity contribution < 1.29 is 14.4 Å². The molecule has 0 aromatic heterocycles. The highest BCUT2D eigenvalue weighted by molar-refractivity contribution is 6.09. The van der Waals surface area contributed by atoms with Crippen LogP contribution in [0.15, 0.2) is 49.6 Å². The standard InChI is InChI=1S/C20H23N3O3/c1-3-11-22(12-4-2)17(24)14-23-18(25)20(21-19(23)26)10-9-15-7-5-6-8-16(15)13-20/h3-8H,1-2,9-14H2,(H,21,26). The Morgan fingerprint density at radius 3 is 2.50 bits per heavy atom. The molecule has 1 saturated heterocycles. The van der Waals surface area contributed by atoms with E-state index < -0.39 is 11.6 Å². The molecule has 136 valence electrons. The molecule has 4 amide bonds. The van der Waals surface area contributed by atoms with Crippen LogP contribution in [0.25, 0.3) is 0 Å². The van der Waals surface area contributed by atoms with E-state index in [-0.39, 0.29) is 18.4 Å². The summed E-state index contributed by atoms with van der Waals surface area (Å²) in [6.07, 6.45) is 4.94. The van der Waals surface area contributed by atoms with Gasteiger partial charge in [-0.05, 0) is 24.0 Å². The van der Waals surface area contributed by atoms with Crippen molar-refractivity contribution in [3.63, 3.8) is 0 Å². The smallest absolute Gasteiger partial charge is 0.325 e. The summed E-state index contributed by atoms with van der Waals surface area (Å²) in [5, 5.41) is 2.84. The number of benzene rings is 1. The molecule has 1 unspecified atom stereocenters. The summed E-state index contributed by atoms with van der Waals surface area (Å²) in [6, 6.07) is 7.44. The second kappa shape index (κ2) is 7.15. The topological polar surface area (TPSA) is 69.7 Å². The van der Waals surface area contributed by atoms with Crippen molar-refractivity contribution in [3.8, 4) is 0 Å². The molecule has 1 aliphatic carbocycles. The Morgan fingerprint density at radius 2 is 1.85 bits per heavy atom. The Balaban J connectivity index is 1.76. The van der Waals surface area contributed by atoms with Crippen molar-refractivity contribution in [2.45, 2.75) is 24.8 Å². The summed E-state index contributed by atoms with van der Waals surface area (Å²) in [5.74, 6) is -0.621. The maximum atomic E-state index is 13.0. The predicted molar refractivity (Wildman–Crippen MR) is 98.4 cm³/mol. The zero-order valence-corrected chi connectivity index (χ0v) is 14.7. The summed E-state index contributed by atoms with van der Waals surface area (Å²) >= 11 is 0. The van der Waals surface area contributed by atoms with E-state index in [2.05, 4.69) is 18.5 Å². The molecule has 26 heavy (non-hydrogen) atoms. The van der Waals surface area contributed by atoms with Crippen molar-refractivity contribution in [2.75, 3.05) is 19.6 Å². The number of nitrogens with one attached hydrogen (secondary N) is 1. The molecule has 1 heterocycles.